The van der Waals surface area contributed by atoms with Gasteiger partial charge in [-0.05, 0) is 34.9 Å². The van der Waals surface area contributed by atoms with Crippen molar-refractivity contribution >= 4 is 33.1 Å². The number of carbonyl (C=O) groups excluding carboxylic acids is 1. The molecular weight excluding hydrogens is 378 g/mol. The maximum atomic E-state index is 12.8. The number of aliphatic carboxylic acids is 1. The zero-order valence-electron chi connectivity index (χ0n) is 14.9. The molecule has 0 bridgehead atoms. The summed E-state index contributed by atoms with van der Waals surface area (Å²) in [5, 5.41) is 11.2. The van der Waals surface area contributed by atoms with E-state index in [1.54, 1.807) is 48.5 Å². The molecule has 1 unspecified atom stereocenters. The van der Waals surface area contributed by atoms with Gasteiger partial charge in [0.25, 0.3) is 0 Å². The van der Waals surface area contributed by atoms with Crippen LogP contribution in [0.25, 0.3) is 10.8 Å². The van der Waals surface area contributed by atoms with E-state index in [0.717, 1.165) is 10.8 Å². The second-order valence-corrected chi connectivity index (χ2v) is 8.14. The summed E-state index contributed by atoms with van der Waals surface area (Å²) in [7, 11) is -4.08. The molecule has 2 atom stereocenters. The third-order valence-corrected chi connectivity index (χ3v) is 5.98. The van der Waals surface area contributed by atoms with Crippen molar-refractivity contribution in [2.75, 3.05) is 0 Å². The van der Waals surface area contributed by atoms with Crippen molar-refractivity contribution in [2.45, 2.75) is 17.4 Å². The lowest BCUT2D eigenvalue weighted by Crippen LogP contribution is -2.45. The van der Waals surface area contributed by atoms with Gasteiger partial charge in [-0.25, -0.2) is 13.1 Å². The highest BCUT2D eigenvalue weighted by Gasteiger charge is 2.32. The summed E-state index contributed by atoms with van der Waals surface area (Å²) in [6.45, 7) is 0. The molecule has 0 heterocycles. The fourth-order valence-electron chi connectivity index (χ4n) is 3.02. The van der Waals surface area contributed by atoms with Crippen LogP contribution in [0.15, 0.2) is 77.7 Å². The van der Waals surface area contributed by atoms with Gasteiger partial charge in [-0.2, -0.15) is 0 Å². The smallest absolute Gasteiger partial charge is 0.308 e. The molecule has 3 aromatic rings. The van der Waals surface area contributed by atoms with Crippen molar-refractivity contribution in [3.8, 4) is 0 Å². The number of carboxylic acids is 1. The van der Waals surface area contributed by atoms with Crippen molar-refractivity contribution in [2.24, 2.45) is 5.92 Å². The van der Waals surface area contributed by atoms with E-state index in [9.17, 15) is 23.1 Å². The molecule has 0 fully saturated rings. The quantitative estimate of drug-likeness (QED) is 0.569. The minimum Gasteiger partial charge on any atom is -0.481 e. The van der Waals surface area contributed by atoms with Crippen LogP contribution in [0.4, 0.5) is 0 Å². The van der Waals surface area contributed by atoms with E-state index in [1.165, 1.54) is 12.1 Å². The van der Waals surface area contributed by atoms with Gasteiger partial charge in [0, 0.05) is 0 Å². The monoisotopic (exact) mass is 397 g/mol. The van der Waals surface area contributed by atoms with Gasteiger partial charge in [-0.3, -0.25) is 4.79 Å². The molecule has 0 amide bonds. The van der Waals surface area contributed by atoms with E-state index < -0.39 is 28.0 Å². The summed E-state index contributed by atoms with van der Waals surface area (Å²) in [5.74, 6) is -2.47. The van der Waals surface area contributed by atoms with Crippen molar-refractivity contribution in [3.05, 3.63) is 78.4 Å². The normalized spacial score (nSPS) is 13.7. The Balaban J connectivity index is 1.88. The topological polar surface area (TPSA) is 101 Å². The highest BCUT2D eigenvalue weighted by atomic mass is 32.2. The predicted octanol–water partition coefficient (Wildman–Crippen LogP) is 2.63. The first-order chi connectivity index (χ1) is 13.4. The van der Waals surface area contributed by atoms with E-state index >= 15 is 0 Å². The molecule has 0 aliphatic carbocycles. The largest absolute Gasteiger partial charge is 0.481 e. The SMILES string of the molecule is O=C[C@@H](NS(=O)(=O)c1ccc2ccccc2c1)C(Cc1ccccc1)C(=O)O. The predicted molar refractivity (Wildman–Crippen MR) is 105 cm³/mol. The molecule has 144 valence electrons. The highest BCUT2D eigenvalue weighted by Crippen LogP contribution is 2.20. The van der Waals surface area contributed by atoms with Crippen LogP contribution in [0.1, 0.15) is 5.56 Å². The molecule has 2 N–H and O–H groups in total. The lowest BCUT2D eigenvalue weighted by atomic mass is 9.93. The third-order valence-electron chi connectivity index (χ3n) is 4.52. The first-order valence-electron chi connectivity index (χ1n) is 8.64. The number of hydrogen-bond donors (Lipinski definition) is 2. The molecule has 0 aliphatic rings. The zero-order valence-corrected chi connectivity index (χ0v) is 15.7. The number of sulfonamides is 1. The van der Waals surface area contributed by atoms with Crippen LogP contribution >= 0.6 is 0 Å². The first kappa shape index (κ1) is 19.7. The summed E-state index contributed by atoms with van der Waals surface area (Å²) in [5.41, 5.74) is 0.701. The first-order valence-corrected chi connectivity index (χ1v) is 10.1. The summed E-state index contributed by atoms with van der Waals surface area (Å²) in [4.78, 5) is 23.3. The molecule has 0 radical (unpaired) electrons. The number of hydrogen-bond acceptors (Lipinski definition) is 4. The maximum Gasteiger partial charge on any atom is 0.308 e. The Kier molecular flexibility index (Phi) is 5.87. The molecule has 7 heteroatoms. The van der Waals surface area contributed by atoms with E-state index in [-0.39, 0.29) is 11.3 Å². The Bertz CT molecular complexity index is 1100. The number of carbonyl (C=O) groups is 2. The molecule has 0 aromatic heterocycles. The number of nitrogens with one attached hydrogen (secondary N) is 1. The third kappa shape index (κ3) is 4.44. The van der Waals surface area contributed by atoms with Gasteiger partial charge in [0.1, 0.15) is 6.29 Å². The molecule has 0 saturated heterocycles. The van der Waals surface area contributed by atoms with Crippen LogP contribution < -0.4 is 4.72 Å². The van der Waals surface area contributed by atoms with E-state index in [4.69, 9.17) is 0 Å². The summed E-state index contributed by atoms with van der Waals surface area (Å²) < 4.78 is 27.8. The van der Waals surface area contributed by atoms with Gasteiger partial charge in [0.2, 0.25) is 10.0 Å². The van der Waals surface area contributed by atoms with Crippen molar-refractivity contribution in [3.63, 3.8) is 0 Å². The average Bonchev–Trinajstić information content (AvgIpc) is 2.70. The van der Waals surface area contributed by atoms with Crippen LogP contribution in [0.3, 0.4) is 0 Å². The Labute approximate surface area is 162 Å². The number of fused-ring (bicyclic) bond motifs is 1. The van der Waals surface area contributed by atoms with Gasteiger partial charge < -0.3 is 9.90 Å². The van der Waals surface area contributed by atoms with Gasteiger partial charge in [-0.1, -0.05) is 60.7 Å². The second-order valence-electron chi connectivity index (χ2n) is 6.43. The van der Waals surface area contributed by atoms with Crippen LogP contribution in [-0.2, 0) is 26.0 Å². The molecule has 3 aromatic carbocycles. The van der Waals surface area contributed by atoms with Gasteiger partial charge in [0.15, 0.2) is 0 Å². The minimum atomic E-state index is -4.08. The molecule has 0 spiro atoms. The minimum absolute atomic E-state index is 0.0260. The maximum absolute atomic E-state index is 12.8. The number of aldehydes is 1. The Hall–Kier alpha value is -3.03. The van der Waals surface area contributed by atoms with Gasteiger partial charge >= 0.3 is 5.97 Å². The lowest BCUT2D eigenvalue weighted by molar-refractivity contribution is -0.143. The lowest BCUT2D eigenvalue weighted by Gasteiger charge is -2.20. The summed E-state index contributed by atoms with van der Waals surface area (Å²) in [6, 6.07) is 19.2. The molecular formula is C21H19NO5S. The fraction of sp³-hybridized carbons (Fsp3) is 0.143. The second kappa shape index (κ2) is 8.33. The standard InChI is InChI=1S/C21H19NO5S/c23-14-20(19(21(24)25)12-15-6-2-1-3-7-15)22-28(26,27)18-11-10-16-8-4-5-9-17(16)13-18/h1-11,13-14,19-20,22H,12H2,(H,24,25)/t19?,20-/m1/s1. The van der Waals surface area contributed by atoms with E-state index in [2.05, 4.69) is 4.72 Å². The Morgan fingerprint density at radius 2 is 1.61 bits per heavy atom. The van der Waals surface area contributed by atoms with E-state index in [0.29, 0.717) is 11.8 Å². The van der Waals surface area contributed by atoms with Crippen LogP contribution in [-0.4, -0.2) is 31.8 Å². The number of benzene rings is 3. The molecule has 28 heavy (non-hydrogen) atoms. The van der Waals surface area contributed by atoms with Gasteiger partial charge in [0.05, 0.1) is 16.9 Å². The zero-order chi connectivity index (χ0) is 20.1. The summed E-state index contributed by atoms with van der Waals surface area (Å²) >= 11 is 0. The highest BCUT2D eigenvalue weighted by molar-refractivity contribution is 7.89. The van der Waals surface area contributed by atoms with Gasteiger partial charge in [-0.15, -0.1) is 0 Å². The fourth-order valence-corrected chi connectivity index (χ4v) is 4.27. The van der Waals surface area contributed by atoms with Crippen LogP contribution in [0, 0.1) is 5.92 Å². The van der Waals surface area contributed by atoms with Crippen molar-refractivity contribution in [1.29, 1.82) is 0 Å². The van der Waals surface area contributed by atoms with Crippen LogP contribution in [0.5, 0.6) is 0 Å². The number of rotatable bonds is 8. The molecule has 6 nitrogen and oxygen atoms in total. The number of carboxylic acid groups (broad SMARTS) is 1. The summed E-state index contributed by atoms with van der Waals surface area (Å²) in [6.07, 6.45) is 0.361. The average molecular weight is 397 g/mol. The molecule has 3 rings (SSSR count). The Morgan fingerprint density at radius 1 is 0.964 bits per heavy atom. The van der Waals surface area contributed by atoms with Crippen LogP contribution in [0.2, 0.25) is 0 Å². The Morgan fingerprint density at radius 3 is 2.25 bits per heavy atom. The molecule has 0 saturated carbocycles. The van der Waals surface area contributed by atoms with E-state index in [1.807, 2.05) is 12.1 Å². The van der Waals surface area contributed by atoms with Crippen molar-refractivity contribution < 1.29 is 23.1 Å². The van der Waals surface area contributed by atoms with Crippen molar-refractivity contribution in [1.82, 2.24) is 4.72 Å². The molecule has 0 aliphatic heterocycles.